The SMILES string of the molecule is CCCCC1C(c2ccc(F)cc2)=NN(c2cccc(CC)c2)C1(C)C(=O)NCCCC(C)(C)C. The lowest BCUT2D eigenvalue weighted by molar-refractivity contribution is -0.126. The summed E-state index contributed by atoms with van der Waals surface area (Å²) in [7, 11) is 0. The summed E-state index contributed by atoms with van der Waals surface area (Å²) < 4.78 is 13.7. The molecule has 5 heteroatoms. The number of carbonyl (C=O) groups excluding carboxylic acids is 1. The molecule has 190 valence electrons. The van der Waals surface area contributed by atoms with E-state index < -0.39 is 5.54 Å². The first-order valence-electron chi connectivity index (χ1n) is 13.1. The van der Waals surface area contributed by atoms with Crippen LogP contribution in [0, 0.1) is 17.2 Å². The predicted molar refractivity (Wildman–Crippen MR) is 144 cm³/mol. The van der Waals surface area contributed by atoms with E-state index in [1.54, 1.807) is 12.1 Å². The fourth-order valence-corrected chi connectivity index (χ4v) is 4.89. The van der Waals surface area contributed by atoms with E-state index in [1.807, 2.05) is 24.1 Å². The van der Waals surface area contributed by atoms with Crippen LogP contribution < -0.4 is 10.3 Å². The van der Waals surface area contributed by atoms with Crippen molar-refractivity contribution < 1.29 is 9.18 Å². The van der Waals surface area contributed by atoms with Gasteiger partial charge < -0.3 is 5.32 Å². The van der Waals surface area contributed by atoms with Gasteiger partial charge in [-0.2, -0.15) is 5.10 Å². The highest BCUT2D eigenvalue weighted by molar-refractivity contribution is 6.10. The maximum Gasteiger partial charge on any atom is 0.248 e. The minimum absolute atomic E-state index is 0.00437. The summed E-state index contributed by atoms with van der Waals surface area (Å²) in [6.07, 6.45) is 5.74. The van der Waals surface area contributed by atoms with Gasteiger partial charge in [-0.1, -0.05) is 71.7 Å². The molecule has 2 atom stereocenters. The van der Waals surface area contributed by atoms with Crippen molar-refractivity contribution in [3.05, 3.63) is 65.5 Å². The molecule has 0 saturated heterocycles. The van der Waals surface area contributed by atoms with Crippen molar-refractivity contribution in [3.63, 3.8) is 0 Å². The van der Waals surface area contributed by atoms with Crippen molar-refractivity contribution in [3.8, 4) is 0 Å². The number of unbranched alkanes of at least 4 members (excludes halogenated alkanes) is 1. The Hall–Kier alpha value is -2.69. The quantitative estimate of drug-likeness (QED) is 0.369. The zero-order valence-corrected chi connectivity index (χ0v) is 22.3. The highest BCUT2D eigenvalue weighted by Crippen LogP contribution is 2.42. The maximum atomic E-state index is 13.9. The summed E-state index contributed by atoms with van der Waals surface area (Å²) in [5.41, 5.74) is 3.19. The van der Waals surface area contributed by atoms with Gasteiger partial charge in [0.15, 0.2) is 0 Å². The largest absolute Gasteiger partial charge is 0.354 e. The molecular weight excluding hydrogens is 437 g/mol. The zero-order chi connectivity index (χ0) is 25.6. The zero-order valence-electron chi connectivity index (χ0n) is 22.3. The normalized spacial score (nSPS) is 20.1. The first-order valence-corrected chi connectivity index (χ1v) is 13.1. The highest BCUT2D eigenvalue weighted by Gasteiger charge is 2.53. The standard InChI is InChI=1S/C30H42FN3O/c1-7-9-14-26-27(23-15-17-24(31)18-16-23)33-34(25-13-10-12-22(8-2)21-25)30(26,6)28(35)32-20-11-19-29(3,4)5/h10,12-13,15-18,21,26H,7-9,11,14,19-20H2,1-6H3,(H,32,35). The Kier molecular flexibility index (Phi) is 8.74. The van der Waals surface area contributed by atoms with E-state index in [2.05, 4.69) is 52.1 Å². The number of rotatable bonds is 10. The third kappa shape index (κ3) is 6.31. The van der Waals surface area contributed by atoms with Crippen molar-refractivity contribution in [2.75, 3.05) is 11.6 Å². The van der Waals surface area contributed by atoms with Crippen LogP contribution in [-0.2, 0) is 11.2 Å². The van der Waals surface area contributed by atoms with E-state index in [1.165, 1.54) is 17.7 Å². The Morgan fingerprint density at radius 3 is 2.46 bits per heavy atom. The van der Waals surface area contributed by atoms with Gasteiger partial charge in [-0.05, 0) is 73.4 Å². The van der Waals surface area contributed by atoms with Crippen molar-refractivity contribution in [2.24, 2.45) is 16.4 Å². The number of nitrogens with zero attached hydrogens (tertiary/aromatic N) is 2. The molecule has 1 amide bonds. The number of benzene rings is 2. The van der Waals surface area contributed by atoms with Crippen LogP contribution in [0.2, 0.25) is 0 Å². The van der Waals surface area contributed by atoms with Gasteiger partial charge in [0.05, 0.1) is 11.4 Å². The number of aryl methyl sites for hydroxylation is 1. The second-order valence-corrected chi connectivity index (χ2v) is 11.1. The molecule has 3 rings (SSSR count). The molecule has 4 nitrogen and oxygen atoms in total. The molecule has 35 heavy (non-hydrogen) atoms. The second kappa shape index (κ2) is 11.4. The van der Waals surface area contributed by atoms with Crippen LogP contribution in [0.3, 0.4) is 0 Å². The average molecular weight is 480 g/mol. The highest BCUT2D eigenvalue weighted by atomic mass is 19.1. The van der Waals surface area contributed by atoms with Gasteiger partial charge in [-0.25, -0.2) is 9.40 Å². The predicted octanol–water partition coefficient (Wildman–Crippen LogP) is 7.12. The first-order chi connectivity index (χ1) is 16.6. The van der Waals surface area contributed by atoms with Crippen molar-refractivity contribution >= 4 is 17.3 Å². The summed E-state index contributed by atoms with van der Waals surface area (Å²) in [6.45, 7) is 13.6. The van der Waals surface area contributed by atoms with Gasteiger partial charge in [0.1, 0.15) is 11.4 Å². The van der Waals surface area contributed by atoms with E-state index in [0.29, 0.717) is 6.54 Å². The second-order valence-electron chi connectivity index (χ2n) is 11.1. The lowest BCUT2D eigenvalue weighted by Crippen LogP contribution is -2.58. The van der Waals surface area contributed by atoms with Crippen LogP contribution in [0.4, 0.5) is 10.1 Å². The smallest absolute Gasteiger partial charge is 0.248 e. The Bertz CT molecular complexity index is 1020. The molecule has 1 N–H and O–H groups in total. The number of carbonyl (C=O) groups is 1. The van der Waals surface area contributed by atoms with E-state index >= 15 is 0 Å². The molecule has 0 aromatic heterocycles. The molecule has 0 bridgehead atoms. The molecule has 0 aliphatic carbocycles. The van der Waals surface area contributed by atoms with Crippen molar-refractivity contribution in [2.45, 2.75) is 85.6 Å². The fourth-order valence-electron chi connectivity index (χ4n) is 4.89. The molecular formula is C30H42FN3O. The molecule has 0 fully saturated rings. The fraction of sp³-hybridized carbons (Fsp3) is 0.533. The number of hydrazone groups is 1. The summed E-state index contributed by atoms with van der Waals surface area (Å²) >= 11 is 0. The van der Waals surface area contributed by atoms with Gasteiger partial charge in [-0.15, -0.1) is 0 Å². The lowest BCUT2D eigenvalue weighted by Gasteiger charge is -2.38. The van der Waals surface area contributed by atoms with Crippen molar-refractivity contribution in [1.82, 2.24) is 5.32 Å². The Balaban J connectivity index is 2.02. The molecule has 0 saturated carbocycles. The van der Waals surface area contributed by atoms with Crippen LogP contribution in [-0.4, -0.2) is 23.7 Å². The van der Waals surface area contributed by atoms with Crippen LogP contribution in [0.1, 0.15) is 84.8 Å². The topological polar surface area (TPSA) is 44.7 Å². The number of amides is 1. The van der Waals surface area contributed by atoms with Crippen LogP contribution in [0.25, 0.3) is 0 Å². The molecule has 1 aliphatic heterocycles. The molecule has 2 unspecified atom stereocenters. The molecule has 0 spiro atoms. The lowest BCUT2D eigenvalue weighted by atomic mass is 9.77. The van der Waals surface area contributed by atoms with Crippen molar-refractivity contribution in [1.29, 1.82) is 0 Å². The maximum absolute atomic E-state index is 13.9. The van der Waals surface area contributed by atoms with E-state index in [0.717, 1.165) is 55.5 Å². The summed E-state index contributed by atoms with van der Waals surface area (Å²) in [6, 6.07) is 14.8. The third-order valence-corrected chi connectivity index (χ3v) is 7.05. The van der Waals surface area contributed by atoms with Crippen LogP contribution in [0.15, 0.2) is 53.6 Å². The molecule has 0 radical (unpaired) electrons. The number of anilines is 1. The minimum atomic E-state index is -0.882. The number of nitrogens with one attached hydrogen (secondary N) is 1. The Labute approximate surface area is 211 Å². The van der Waals surface area contributed by atoms with Gasteiger partial charge in [0, 0.05) is 12.5 Å². The monoisotopic (exact) mass is 479 g/mol. The molecule has 2 aromatic carbocycles. The van der Waals surface area contributed by atoms with E-state index in [4.69, 9.17) is 5.10 Å². The number of hydrogen-bond acceptors (Lipinski definition) is 3. The van der Waals surface area contributed by atoms with Crippen LogP contribution in [0.5, 0.6) is 0 Å². The van der Waals surface area contributed by atoms with E-state index in [-0.39, 0.29) is 23.1 Å². The minimum Gasteiger partial charge on any atom is -0.354 e. The average Bonchev–Trinajstić information content (AvgIpc) is 3.13. The van der Waals surface area contributed by atoms with E-state index in [9.17, 15) is 9.18 Å². The van der Waals surface area contributed by atoms with Gasteiger partial charge >= 0.3 is 0 Å². The molecule has 2 aromatic rings. The number of hydrogen-bond donors (Lipinski definition) is 1. The van der Waals surface area contributed by atoms with Gasteiger partial charge in [0.2, 0.25) is 5.91 Å². The summed E-state index contributed by atoms with van der Waals surface area (Å²) in [5.74, 6) is -0.389. The Morgan fingerprint density at radius 2 is 1.83 bits per heavy atom. The molecule has 1 aliphatic rings. The van der Waals surface area contributed by atoms with Gasteiger partial charge in [0.25, 0.3) is 0 Å². The third-order valence-electron chi connectivity index (χ3n) is 7.05. The summed E-state index contributed by atoms with van der Waals surface area (Å²) in [4.78, 5) is 13.9. The van der Waals surface area contributed by atoms with Crippen LogP contribution >= 0.6 is 0 Å². The Morgan fingerprint density at radius 1 is 1.11 bits per heavy atom. The number of halogens is 1. The van der Waals surface area contributed by atoms with Gasteiger partial charge in [-0.3, -0.25) is 4.79 Å². The first kappa shape index (κ1) is 26.9. The molecule has 1 heterocycles. The summed E-state index contributed by atoms with van der Waals surface area (Å²) in [5, 5.41) is 10.2.